The van der Waals surface area contributed by atoms with Gasteiger partial charge in [0, 0.05) is 20.1 Å². The summed E-state index contributed by atoms with van der Waals surface area (Å²) in [5.74, 6) is 0.181. The molecular weight excluding hydrogens is 280 g/mol. The number of aromatic nitrogens is 1. The van der Waals surface area contributed by atoms with E-state index in [0.717, 1.165) is 43.6 Å². The van der Waals surface area contributed by atoms with Gasteiger partial charge in [-0.3, -0.25) is 9.47 Å². The Morgan fingerprint density at radius 2 is 2.23 bits per heavy atom. The number of piperidine rings is 1. The second kappa shape index (κ2) is 4.96. The molecule has 4 rings (SSSR count). The van der Waals surface area contributed by atoms with Crippen LogP contribution in [0.5, 0.6) is 0 Å². The van der Waals surface area contributed by atoms with Gasteiger partial charge in [-0.2, -0.15) is 0 Å². The molecule has 2 aromatic rings. The number of oxazole rings is 1. The Kier molecular flexibility index (Phi) is 3.16. The Morgan fingerprint density at radius 3 is 3.00 bits per heavy atom. The smallest absolute Gasteiger partial charge is 0.408 e. The SMILES string of the molecule is Cn1c(=O)oc2ccc(CN3CCCC(O)(C4CC4)C3)cc21. The molecule has 1 aliphatic heterocycles. The standard InChI is InChI=1S/C17H22N2O3/c1-18-14-9-12(3-6-15(14)22-16(18)20)10-19-8-2-7-17(21,11-19)13-4-5-13/h3,6,9,13,21H,2,4-5,7-8,10-11H2,1H3. The Bertz CT molecular complexity index is 759. The van der Waals surface area contributed by atoms with Crippen LogP contribution in [0.25, 0.3) is 11.1 Å². The van der Waals surface area contributed by atoms with Crippen LogP contribution >= 0.6 is 0 Å². The van der Waals surface area contributed by atoms with Crippen LogP contribution in [0.4, 0.5) is 0 Å². The van der Waals surface area contributed by atoms with E-state index >= 15 is 0 Å². The Morgan fingerprint density at radius 1 is 1.41 bits per heavy atom. The van der Waals surface area contributed by atoms with Crippen molar-refractivity contribution in [3.63, 3.8) is 0 Å². The van der Waals surface area contributed by atoms with Crippen LogP contribution in [0.2, 0.25) is 0 Å². The maximum atomic E-state index is 11.6. The molecular formula is C17H22N2O3. The van der Waals surface area contributed by atoms with Crippen molar-refractivity contribution < 1.29 is 9.52 Å². The van der Waals surface area contributed by atoms with Gasteiger partial charge >= 0.3 is 5.76 Å². The average molecular weight is 302 g/mol. The molecule has 0 spiro atoms. The summed E-state index contributed by atoms with van der Waals surface area (Å²) in [6.07, 6.45) is 4.34. The normalized spacial score (nSPS) is 26.6. The number of rotatable bonds is 3. The summed E-state index contributed by atoms with van der Waals surface area (Å²) in [4.78, 5) is 13.9. The molecule has 118 valence electrons. The lowest BCUT2D eigenvalue weighted by Crippen LogP contribution is -2.49. The Labute approximate surface area is 129 Å². The largest absolute Gasteiger partial charge is 0.419 e. The molecule has 2 fully saturated rings. The molecule has 5 nitrogen and oxygen atoms in total. The zero-order valence-electron chi connectivity index (χ0n) is 12.9. The third-order valence-electron chi connectivity index (χ3n) is 5.18. The number of aliphatic hydroxyl groups is 1. The fraction of sp³-hybridized carbons (Fsp3) is 0.588. The van der Waals surface area contributed by atoms with Gasteiger partial charge in [-0.1, -0.05) is 6.07 Å². The number of fused-ring (bicyclic) bond motifs is 1. The highest BCUT2D eigenvalue weighted by atomic mass is 16.4. The molecule has 0 bridgehead atoms. The van der Waals surface area contributed by atoms with Crippen LogP contribution in [0.3, 0.4) is 0 Å². The molecule has 1 unspecified atom stereocenters. The van der Waals surface area contributed by atoms with Crippen molar-refractivity contribution in [3.8, 4) is 0 Å². The third kappa shape index (κ3) is 2.38. The number of aryl methyl sites for hydroxylation is 1. The van der Waals surface area contributed by atoms with Gasteiger partial charge in [0.2, 0.25) is 0 Å². The summed E-state index contributed by atoms with van der Waals surface area (Å²) < 4.78 is 6.71. The van der Waals surface area contributed by atoms with Gasteiger partial charge in [-0.05, 0) is 55.8 Å². The highest BCUT2D eigenvalue weighted by Gasteiger charge is 2.45. The molecule has 1 atom stereocenters. The van der Waals surface area contributed by atoms with E-state index in [4.69, 9.17) is 4.42 Å². The van der Waals surface area contributed by atoms with Crippen molar-refractivity contribution in [1.82, 2.24) is 9.47 Å². The quantitative estimate of drug-likeness (QED) is 0.940. The highest BCUT2D eigenvalue weighted by molar-refractivity contribution is 5.73. The number of benzene rings is 1. The second-order valence-corrected chi connectivity index (χ2v) is 6.92. The van der Waals surface area contributed by atoms with Crippen molar-refractivity contribution >= 4 is 11.1 Å². The number of likely N-dealkylation sites (tertiary alicyclic amines) is 1. The first-order chi connectivity index (χ1) is 10.5. The van der Waals surface area contributed by atoms with E-state index in [1.807, 2.05) is 18.2 Å². The predicted molar refractivity (Wildman–Crippen MR) is 83.6 cm³/mol. The zero-order chi connectivity index (χ0) is 15.3. The predicted octanol–water partition coefficient (Wildman–Crippen LogP) is 1.87. The molecule has 5 heteroatoms. The second-order valence-electron chi connectivity index (χ2n) is 6.92. The first-order valence-electron chi connectivity index (χ1n) is 8.08. The van der Waals surface area contributed by atoms with E-state index in [9.17, 15) is 9.90 Å². The summed E-state index contributed by atoms with van der Waals surface area (Å²) in [6, 6.07) is 5.89. The van der Waals surface area contributed by atoms with Crippen molar-refractivity contribution in [3.05, 3.63) is 34.3 Å². The fourth-order valence-corrected chi connectivity index (χ4v) is 3.77. The van der Waals surface area contributed by atoms with E-state index in [-0.39, 0.29) is 5.76 Å². The highest BCUT2D eigenvalue weighted by Crippen LogP contribution is 2.44. The maximum absolute atomic E-state index is 11.6. The summed E-state index contributed by atoms with van der Waals surface area (Å²) in [6.45, 7) is 2.60. The van der Waals surface area contributed by atoms with E-state index in [1.54, 1.807) is 7.05 Å². The maximum Gasteiger partial charge on any atom is 0.419 e. The monoisotopic (exact) mass is 302 g/mol. The lowest BCUT2D eigenvalue weighted by atomic mass is 9.88. The fourth-order valence-electron chi connectivity index (χ4n) is 3.77. The van der Waals surface area contributed by atoms with Crippen molar-refractivity contribution in [2.24, 2.45) is 13.0 Å². The molecule has 1 saturated heterocycles. The third-order valence-corrected chi connectivity index (χ3v) is 5.18. The molecule has 0 amide bonds. The van der Waals surface area contributed by atoms with E-state index < -0.39 is 5.60 Å². The first-order valence-corrected chi connectivity index (χ1v) is 8.08. The minimum Gasteiger partial charge on any atom is -0.408 e. The molecule has 2 heterocycles. The van der Waals surface area contributed by atoms with Gasteiger partial charge in [0.25, 0.3) is 0 Å². The average Bonchev–Trinajstić information content (AvgIpc) is 3.30. The number of nitrogens with zero attached hydrogens (tertiary/aromatic N) is 2. The van der Waals surface area contributed by atoms with Gasteiger partial charge in [0.15, 0.2) is 5.58 Å². The summed E-state index contributed by atoms with van der Waals surface area (Å²) >= 11 is 0. The molecule has 2 aliphatic rings. The van der Waals surface area contributed by atoms with Gasteiger partial charge in [-0.25, -0.2) is 4.79 Å². The zero-order valence-corrected chi connectivity index (χ0v) is 12.9. The molecule has 1 aromatic carbocycles. The Balaban J connectivity index is 1.55. The molecule has 1 aromatic heterocycles. The van der Waals surface area contributed by atoms with Gasteiger partial charge in [-0.15, -0.1) is 0 Å². The molecule has 22 heavy (non-hydrogen) atoms. The number of β-amino-alcohol motifs (C(OH)–C–C–N with tert-alkyl or cyclic N) is 1. The van der Waals surface area contributed by atoms with Crippen LogP contribution in [0, 0.1) is 5.92 Å². The van der Waals surface area contributed by atoms with Crippen molar-refractivity contribution in [1.29, 1.82) is 0 Å². The van der Waals surface area contributed by atoms with Gasteiger partial charge in [0.05, 0.1) is 11.1 Å². The molecule has 1 N–H and O–H groups in total. The van der Waals surface area contributed by atoms with Crippen LogP contribution < -0.4 is 5.76 Å². The summed E-state index contributed by atoms with van der Waals surface area (Å²) in [7, 11) is 1.73. The first kappa shape index (κ1) is 14.0. The molecule has 1 aliphatic carbocycles. The van der Waals surface area contributed by atoms with Crippen LogP contribution in [0.1, 0.15) is 31.2 Å². The van der Waals surface area contributed by atoms with E-state index in [1.165, 1.54) is 17.4 Å². The summed E-state index contributed by atoms with van der Waals surface area (Å²) in [5.41, 5.74) is 2.13. The molecule has 0 radical (unpaired) electrons. The Hall–Kier alpha value is -1.59. The minimum absolute atomic E-state index is 0.326. The van der Waals surface area contributed by atoms with Crippen LogP contribution in [-0.2, 0) is 13.6 Å². The summed E-state index contributed by atoms with van der Waals surface area (Å²) in [5, 5.41) is 10.8. The van der Waals surface area contributed by atoms with Gasteiger partial charge in [0.1, 0.15) is 0 Å². The van der Waals surface area contributed by atoms with E-state index in [0.29, 0.717) is 11.5 Å². The van der Waals surface area contributed by atoms with Crippen LogP contribution in [-0.4, -0.2) is 33.3 Å². The minimum atomic E-state index is -0.481. The lowest BCUT2D eigenvalue weighted by molar-refractivity contribution is -0.0501. The molecule has 1 saturated carbocycles. The number of hydrogen-bond acceptors (Lipinski definition) is 4. The topological polar surface area (TPSA) is 58.6 Å². The number of hydrogen-bond donors (Lipinski definition) is 1. The van der Waals surface area contributed by atoms with E-state index in [2.05, 4.69) is 4.90 Å². The van der Waals surface area contributed by atoms with Crippen molar-refractivity contribution in [2.75, 3.05) is 13.1 Å². The van der Waals surface area contributed by atoms with Crippen LogP contribution in [0.15, 0.2) is 27.4 Å². The lowest BCUT2D eigenvalue weighted by Gasteiger charge is -2.39. The van der Waals surface area contributed by atoms with Crippen molar-refractivity contribution in [2.45, 2.75) is 37.8 Å². The van der Waals surface area contributed by atoms with Gasteiger partial charge < -0.3 is 9.52 Å².